The Balaban J connectivity index is 3.08. The lowest BCUT2D eigenvalue weighted by atomic mass is 9.80. The largest absolute Gasteiger partial charge is 0.468 e. The van der Waals surface area contributed by atoms with Crippen LogP contribution in [0, 0.1) is 0 Å². The molecule has 0 bridgehead atoms. The Morgan fingerprint density at radius 1 is 1.36 bits per heavy atom. The van der Waals surface area contributed by atoms with Gasteiger partial charge in [-0.3, -0.25) is 4.79 Å². The Kier molecular flexibility index (Phi) is 3.28. The molecule has 1 unspecified atom stereocenters. The minimum Gasteiger partial charge on any atom is -0.468 e. The summed E-state index contributed by atoms with van der Waals surface area (Å²) in [5, 5.41) is 0. The van der Waals surface area contributed by atoms with Crippen molar-refractivity contribution < 1.29 is 9.53 Å². The lowest BCUT2D eigenvalue weighted by Crippen LogP contribution is -2.32. The van der Waals surface area contributed by atoms with Gasteiger partial charge in [-0.15, -0.1) is 0 Å². The van der Waals surface area contributed by atoms with Gasteiger partial charge in [0.1, 0.15) is 0 Å². The van der Waals surface area contributed by atoms with Crippen molar-refractivity contribution in [3.05, 3.63) is 35.9 Å². The number of methoxy groups -OCH3 is 1. The highest BCUT2D eigenvalue weighted by Crippen LogP contribution is 2.28. The summed E-state index contributed by atoms with van der Waals surface area (Å²) in [6.45, 7) is 3.90. The number of carbonyl (C=O) groups excluding carboxylic acids is 1. The first-order valence-electron chi connectivity index (χ1n) is 4.79. The molecule has 76 valence electrons. The van der Waals surface area contributed by atoms with Crippen molar-refractivity contribution in [3.63, 3.8) is 0 Å². The standard InChI is InChI=1S/C12H16O2/c1-4-12(2,11(13)14-3)10-8-6-5-7-9-10/h5-9H,4H2,1-3H3. The van der Waals surface area contributed by atoms with E-state index in [-0.39, 0.29) is 5.97 Å². The van der Waals surface area contributed by atoms with E-state index < -0.39 is 5.41 Å². The van der Waals surface area contributed by atoms with E-state index in [0.717, 1.165) is 12.0 Å². The van der Waals surface area contributed by atoms with Crippen LogP contribution in [0.4, 0.5) is 0 Å². The summed E-state index contributed by atoms with van der Waals surface area (Å²) >= 11 is 0. The van der Waals surface area contributed by atoms with Gasteiger partial charge in [0.15, 0.2) is 0 Å². The SMILES string of the molecule is CCC(C)(C(=O)OC)c1ccccc1. The van der Waals surface area contributed by atoms with E-state index in [1.165, 1.54) is 7.11 Å². The van der Waals surface area contributed by atoms with E-state index in [9.17, 15) is 4.79 Å². The molecule has 0 aromatic heterocycles. The van der Waals surface area contributed by atoms with Crippen LogP contribution < -0.4 is 0 Å². The topological polar surface area (TPSA) is 26.3 Å². The van der Waals surface area contributed by atoms with Crippen LogP contribution >= 0.6 is 0 Å². The average Bonchev–Trinajstić information content (AvgIpc) is 2.28. The smallest absolute Gasteiger partial charge is 0.315 e. The first-order valence-corrected chi connectivity index (χ1v) is 4.79. The molecule has 1 rings (SSSR count). The molecule has 0 heterocycles. The third-order valence-electron chi connectivity index (χ3n) is 2.75. The number of hydrogen-bond acceptors (Lipinski definition) is 2. The first-order chi connectivity index (χ1) is 6.65. The fraction of sp³-hybridized carbons (Fsp3) is 0.417. The van der Waals surface area contributed by atoms with E-state index in [4.69, 9.17) is 4.74 Å². The predicted octanol–water partition coefficient (Wildman–Crippen LogP) is 2.53. The Hall–Kier alpha value is -1.31. The van der Waals surface area contributed by atoms with Crippen LogP contribution in [0.1, 0.15) is 25.8 Å². The predicted molar refractivity (Wildman–Crippen MR) is 56.1 cm³/mol. The van der Waals surface area contributed by atoms with Crippen molar-refractivity contribution in [2.75, 3.05) is 7.11 Å². The van der Waals surface area contributed by atoms with Crippen molar-refractivity contribution in [1.82, 2.24) is 0 Å². The second-order valence-corrected chi connectivity index (χ2v) is 3.54. The maximum Gasteiger partial charge on any atom is 0.315 e. The van der Waals surface area contributed by atoms with Gasteiger partial charge in [0.25, 0.3) is 0 Å². The van der Waals surface area contributed by atoms with E-state index in [0.29, 0.717) is 0 Å². The molecule has 0 saturated carbocycles. The average molecular weight is 192 g/mol. The summed E-state index contributed by atoms with van der Waals surface area (Å²) in [5.41, 5.74) is 0.491. The van der Waals surface area contributed by atoms with E-state index >= 15 is 0 Å². The summed E-state index contributed by atoms with van der Waals surface area (Å²) in [6, 6.07) is 9.73. The maximum absolute atomic E-state index is 11.6. The quantitative estimate of drug-likeness (QED) is 0.688. The molecule has 0 radical (unpaired) electrons. The minimum absolute atomic E-state index is 0.175. The zero-order chi connectivity index (χ0) is 10.6. The highest BCUT2D eigenvalue weighted by Gasteiger charge is 2.33. The van der Waals surface area contributed by atoms with Crippen molar-refractivity contribution in [3.8, 4) is 0 Å². The van der Waals surface area contributed by atoms with Crippen molar-refractivity contribution in [2.45, 2.75) is 25.7 Å². The van der Waals surface area contributed by atoms with Gasteiger partial charge in [0, 0.05) is 0 Å². The van der Waals surface area contributed by atoms with Crippen molar-refractivity contribution in [2.24, 2.45) is 0 Å². The Bertz CT molecular complexity index is 305. The summed E-state index contributed by atoms with van der Waals surface area (Å²) < 4.78 is 4.82. The second-order valence-electron chi connectivity index (χ2n) is 3.54. The van der Waals surface area contributed by atoms with Crippen LogP contribution in [0.2, 0.25) is 0 Å². The van der Waals surface area contributed by atoms with Crippen LogP contribution in [0.25, 0.3) is 0 Å². The molecule has 0 aliphatic rings. The number of esters is 1. The molecule has 0 spiro atoms. The van der Waals surface area contributed by atoms with Crippen LogP contribution in [0.3, 0.4) is 0 Å². The normalized spacial score (nSPS) is 14.5. The molecule has 0 aliphatic carbocycles. The summed E-state index contributed by atoms with van der Waals surface area (Å²) in [4.78, 5) is 11.6. The highest BCUT2D eigenvalue weighted by molar-refractivity contribution is 5.82. The highest BCUT2D eigenvalue weighted by atomic mass is 16.5. The van der Waals surface area contributed by atoms with Gasteiger partial charge < -0.3 is 4.74 Å². The van der Waals surface area contributed by atoms with Gasteiger partial charge in [-0.05, 0) is 18.9 Å². The molecule has 2 heteroatoms. The lowest BCUT2D eigenvalue weighted by Gasteiger charge is -2.25. The minimum atomic E-state index is -0.518. The van der Waals surface area contributed by atoms with Crippen molar-refractivity contribution in [1.29, 1.82) is 0 Å². The van der Waals surface area contributed by atoms with Crippen LogP contribution in [0.5, 0.6) is 0 Å². The second kappa shape index (κ2) is 4.27. The fourth-order valence-corrected chi connectivity index (χ4v) is 1.50. The number of carbonyl (C=O) groups is 1. The first kappa shape index (κ1) is 10.8. The van der Waals surface area contributed by atoms with Gasteiger partial charge in [0.05, 0.1) is 12.5 Å². The molecule has 14 heavy (non-hydrogen) atoms. The van der Waals surface area contributed by atoms with Crippen LogP contribution in [0.15, 0.2) is 30.3 Å². The zero-order valence-corrected chi connectivity index (χ0v) is 8.91. The molecule has 1 aromatic rings. The molecular formula is C12H16O2. The maximum atomic E-state index is 11.6. The fourth-order valence-electron chi connectivity index (χ4n) is 1.50. The molecule has 0 amide bonds. The molecule has 1 atom stereocenters. The van der Waals surface area contributed by atoms with Gasteiger partial charge in [-0.1, -0.05) is 37.3 Å². The molecule has 0 saturated heterocycles. The summed E-state index contributed by atoms with van der Waals surface area (Å²) in [6.07, 6.45) is 0.740. The van der Waals surface area contributed by atoms with Gasteiger partial charge in [-0.25, -0.2) is 0 Å². The summed E-state index contributed by atoms with van der Waals surface area (Å²) in [5.74, 6) is -0.175. The van der Waals surface area contributed by atoms with E-state index in [2.05, 4.69) is 0 Å². The Morgan fingerprint density at radius 3 is 2.36 bits per heavy atom. The molecule has 1 aromatic carbocycles. The molecule has 0 N–H and O–H groups in total. The monoisotopic (exact) mass is 192 g/mol. The third-order valence-corrected chi connectivity index (χ3v) is 2.75. The molecule has 2 nitrogen and oxygen atoms in total. The molecule has 0 fully saturated rings. The Morgan fingerprint density at radius 2 is 1.93 bits per heavy atom. The van der Waals surface area contributed by atoms with Gasteiger partial charge in [0.2, 0.25) is 0 Å². The van der Waals surface area contributed by atoms with Crippen LogP contribution in [-0.4, -0.2) is 13.1 Å². The zero-order valence-electron chi connectivity index (χ0n) is 8.91. The summed E-state index contributed by atoms with van der Waals surface area (Å²) in [7, 11) is 1.43. The van der Waals surface area contributed by atoms with Crippen LogP contribution in [-0.2, 0) is 14.9 Å². The van der Waals surface area contributed by atoms with Crippen molar-refractivity contribution >= 4 is 5.97 Å². The van der Waals surface area contributed by atoms with E-state index in [1.54, 1.807) is 0 Å². The molecular weight excluding hydrogens is 176 g/mol. The van der Waals surface area contributed by atoms with Gasteiger partial charge >= 0.3 is 5.97 Å². The number of hydrogen-bond donors (Lipinski definition) is 0. The van der Waals surface area contributed by atoms with E-state index in [1.807, 2.05) is 44.2 Å². The third kappa shape index (κ3) is 1.79. The lowest BCUT2D eigenvalue weighted by molar-refractivity contribution is -0.147. The number of rotatable bonds is 3. The Labute approximate surface area is 84.9 Å². The number of ether oxygens (including phenoxy) is 1. The molecule has 0 aliphatic heterocycles. The number of benzene rings is 1. The van der Waals surface area contributed by atoms with Gasteiger partial charge in [-0.2, -0.15) is 0 Å².